The molecule has 0 radical (unpaired) electrons. The number of nitrogens with zero attached hydrogens (tertiary/aromatic N) is 4. The average Bonchev–Trinajstić information content (AvgIpc) is 3.26. The fourth-order valence-corrected chi connectivity index (χ4v) is 5.61. The SMILES string of the molecule is Cc1cc(C(=O)N2CCCCC2c2nc3c(c(=O)[nH]2)CN(CC2CCCCC2)CC3)on1. The van der Waals surface area contributed by atoms with Crippen LogP contribution in [0.4, 0.5) is 0 Å². The van der Waals surface area contributed by atoms with Gasteiger partial charge in [-0.1, -0.05) is 24.4 Å². The predicted octanol–water partition coefficient (Wildman–Crippen LogP) is 3.37. The molecule has 1 aliphatic carbocycles. The van der Waals surface area contributed by atoms with Crippen LogP contribution in [0.1, 0.15) is 90.7 Å². The number of hydrogen-bond acceptors (Lipinski definition) is 6. The number of likely N-dealkylation sites (tertiary alicyclic amines) is 1. The summed E-state index contributed by atoms with van der Waals surface area (Å²) >= 11 is 0. The van der Waals surface area contributed by atoms with Gasteiger partial charge in [-0.2, -0.15) is 0 Å². The van der Waals surface area contributed by atoms with Gasteiger partial charge in [0, 0.05) is 38.7 Å². The molecule has 4 heterocycles. The standard InChI is InChI=1S/C24H33N5O3/c1-16-13-21(32-27-16)24(31)29-11-6-5-9-20(29)22-25-19-10-12-28(15-18(19)23(30)26-22)14-17-7-3-2-4-8-17/h13,17,20H,2-12,14-15H2,1H3,(H,25,26,30). The van der Waals surface area contributed by atoms with Crippen LogP contribution in [0.25, 0.3) is 0 Å². The smallest absolute Gasteiger partial charge is 0.293 e. The Morgan fingerprint density at radius 2 is 1.97 bits per heavy atom. The normalized spacial score (nSPS) is 22.7. The molecule has 1 amide bonds. The maximum absolute atomic E-state index is 13.1. The van der Waals surface area contributed by atoms with Gasteiger partial charge in [-0.25, -0.2) is 4.98 Å². The fraction of sp³-hybridized carbons (Fsp3) is 0.667. The van der Waals surface area contributed by atoms with E-state index in [1.54, 1.807) is 17.9 Å². The molecule has 8 heteroatoms. The summed E-state index contributed by atoms with van der Waals surface area (Å²) in [6.07, 6.45) is 10.2. The summed E-state index contributed by atoms with van der Waals surface area (Å²) in [7, 11) is 0. The molecule has 0 aromatic carbocycles. The first-order chi connectivity index (χ1) is 15.6. The highest BCUT2D eigenvalue weighted by atomic mass is 16.5. The van der Waals surface area contributed by atoms with Crippen molar-refractivity contribution in [1.29, 1.82) is 0 Å². The van der Waals surface area contributed by atoms with Gasteiger partial charge in [0.1, 0.15) is 5.82 Å². The quantitative estimate of drug-likeness (QED) is 0.785. The number of aryl methyl sites for hydroxylation is 1. The third-order valence-electron chi connectivity index (χ3n) is 7.33. The zero-order chi connectivity index (χ0) is 22.1. The molecular formula is C24H33N5O3. The van der Waals surface area contributed by atoms with E-state index < -0.39 is 0 Å². The van der Waals surface area contributed by atoms with Crippen molar-refractivity contribution in [3.63, 3.8) is 0 Å². The summed E-state index contributed by atoms with van der Waals surface area (Å²) < 4.78 is 5.21. The molecule has 0 bridgehead atoms. The van der Waals surface area contributed by atoms with Gasteiger partial charge in [0.05, 0.1) is 23.0 Å². The van der Waals surface area contributed by atoms with Crippen LogP contribution in [0.3, 0.4) is 0 Å². The summed E-state index contributed by atoms with van der Waals surface area (Å²) in [5.74, 6) is 1.43. The van der Waals surface area contributed by atoms with Gasteiger partial charge in [-0.05, 0) is 44.9 Å². The molecule has 8 nitrogen and oxygen atoms in total. The first-order valence-electron chi connectivity index (χ1n) is 12.2. The number of H-pyrrole nitrogens is 1. The molecular weight excluding hydrogens is 406 g/mol. The Bertz CT molecular complexity index is 1020. The molecule has 2 aromatic rings. The van der Waals surface area contributed by atoms with Crippen LogP contribution in [-0.2, 0) is 13.0 Å². The number of aromatic amines is 1. The first kappa shape index (κ1) is 21.4. The molecule has 1 atom stereocenters. The van der Waals surface area contributed by atoms with Gasteiger partial charge in [-0.15, -0.1) is 0 Å². The van der Waals surface area contributed by atoms with Crippen molar-refractivity contribution in [2.24, 2.45) is 5.92 Å². The molecule has 3 aliphatic rings. The van der Waals surface area contributed by atoms with Gasteiger partial charge >= 0.3 is 0 Å². The van der Waals surface area contributed by atoms with E-state index in [1.807, 2.05) is 0 Å². The van der Waals surface area contributed by atoms with Gasteiger partial charge < -0.3 is 14.4 Å². The number of carbonyl (C=O) groups excluding carboxylic acids is 1. The minimum Gasteiger partial charge on any atom is -0.351 e. The lowest BCUT2D eigenvalue weighted by molar-refractivity contribution is 0.0556. The van der Waals surface area contributed by atoms with E-state index in [0.717, 1.165) is 55.9 Å². The number of hydrogen-bond donors (Lipinski definition) is 1. The van der Waals surface area contributed by atoms with Crippen molar-refractivity contribution in [3.05, 3.63) is 45.0 Å². The number of rotatable bonds is 4. The Balaban J connectivity index is 1.35. The van der Waals surface area contributed by atoms with E-state index in [0.29, 0.717) is 24.6 Å². The molecule has 32 heavy (non-hydrogen) atoms. The summed E-state index contributed by atoms with van der Waals surface area (Å²) in [5.41, 5.74) is 2.33. The highest BCUT2D eigenvalue weighted by Crippen LogP contribution is 2.31. The number of carbonyl (C=O) groups is 1. The summed E-state index contributed by atoms with van der Waals surface area (Å²) in [5, 5.41) is 3.85. The van der Waals surface area contributed by atoms with E-state index in [-0.39, 0.29) is 23.3 Å². The first-order valence-corrected chi connectivity index (χ1v) is 12.2. The van der Waals surface area contributed by atoms with Crippen LogP contribution in [0.5, 0.6) is 0 Å². The van der Waals surface area contributed by atoms with Crippen molar-refractivity contribution < 1.29 is 9.32 Å². The van der Waals surface area contributed by atoms with Crippen LogP contribution < -0.4 is 5.56 Å². The van der Waals surface area contributed by atoms with Crippen molar-refractivity contribution in [1.82, 2.24) is 24.9 Å². The number of nitrogens with one attached hydrogen (secondary N) is 1. The van der Waals surface area contributed by atoms with Crippen LogP contribution >= 0.6 is 0 Å². The summed E-state index contributed by atoms with van der Waals surface area (Å²) in [6.45, 7) is 5.14. The Morgan fingerprint density at radius 1 is 1.16 bits per heavy atom. The predicted molar refractivity (Wildman–Crippen MR) is 119 cm³/mol. The van der Waals surface area contributed by atoms with Crippen LogP contribution in [0.15, 0.2) is 15.4 Å². The number of amides is 1. The summed E-state index contributed by atoms with van der Waals surface area (Å²) in [4.78, 5) is 38.3. The Hall–Kier alpha value is -2.48. The third-order valence-corrected chi connectivity index (χ3v) is 7.33. The van der Waals surface area contributed by atoms with E-state index >= 15 is 0 Å². The molecule has 2 aliphatic heterocycles. The number of piperidine rings is 1. The van der Waals surface area contributed by atoms with E-state index in [9.17, 15) is 9.59 Å². The molecule has 1 saturated heterocycles. The van der Waals surface area contributed by atoms with Gasteiger partial charge in [0.2, 0.25) is 5.76 Å². The maximum atomic E-state index is 13.1. The van der Waals surface area contributed by atoms with E-state index in [1.165, 1.54) is 32.1 Å². The molecule has 5 rings (SSSR count). The molecule has 1 N–H and O–H groups in total. The number of aromatic nitrogens is 3. The Labute approximate surface area is 188 Å². The van der Waals surface area contributed by atoms with Crippen molar-refractivity contribution in [3.8, 4) is 0 Å². The molecule has 1 unspecified atom stereocenters. The van der Waals surface area contributed by atoms with Crippen molar-refractivity contribution in [2.45, 2.75) is 77.3 Å². The molecule has 172 valence electrons. The third kappa shape index (κ3) is 4.37. The van der Waals surface area contributed by atoms with Crippen molar-refractivity contribution in [2.75, 3.05) is 19.6 Å². The Kier molecular flexibility index (Phi) is 6.13. The van der Waals surface area contributed by atoms with Crippen LogP contribution in [0.2, 0.25) is 0 Å². The maximum Gasteiger partial charge on any atom is 0.293 e. The molecule has 2 aromatic heterocycles. The number of fused-ring (bicyclic) bond motifs is 1. The molecule has 2 fully saturated rings. The Morgan fingerprint density at radius 3 is 2.75 bits per heavy atom. The zero-order valence-corrected chi connectivity index (χ0v) is 18.9. The highest BCUT2D eigenvalue weighted by Gasteiger charge is 2.33. The highest BCUT2D eigenvalue weighted by molar-refractivity contribution is 5.91. The van der Waals surface area contributed by atoms with Gasteiger partial charge in [0.25, 0.3) is 11.5 Å². The lowest BCUT2D eigenvalue weighted by atomic mass is 9.88. The topological polar surface area (TPSA) is 95.3 Å². The monoisotopic (exact) mass is 439 g/mol. The fourth-order valence-electron chi connectivity index (χ4n) is 5.61. The summed E-state index contributed by atoms with van der Waals surface area (Å²) in [6, 6.07) is 1.43. The molecule has 1 saturated carbocycles. The van der Waals surface area contributed by atoms with Gasteiger partial charge in [-0.3, -0.25) is 14.5 Å². The lowest BCUT2D eigenvalue weighted by Crippen LogP contribution is -2.42. The van der Waals surface area contributed by atoms with Gasteiger partial charge in [0.15, 0.2) is 0 Å². The second kappa shape index (κ2) is 9.17. The molecule has 0 spiro atoms. The van der Waals surface area contributed by atoms with Crippen molar-refractivity contribution >= 4 is 5.91 Å². The van der Waals surface area contributed by atoms with Crippen LogP contribution in [-0.4, -0.2) is 50.5 Å². The van der Waals surface area contributed by atoms with E-state index in [2.05, 4.69) is 15.0 Å². The lowest BCUT2D eigenvalue weighted by Gasteiger charge is -2.35. The van der Waals surface area contributed by atoms with Crippen LogP contribution in [0, 0.1) is 12.8 Å². The minimum atomic E-state index is -0.236. The average molecular weight is 440 g/mol. The zero-order valence-electron chi connectivity index (χ0n) is 18.9. The largest absolute Gasteiger partial charge is 0.351 e. The minimum absolute atomic E-state index is 0.0492. The second-order valence-corrected chi connectivity index (χ2v) is 9.71. The van der Waals surface area contributed by atoms with E-state index in [4.69, 9.17) is 9.51 Å². The second-order valence-electron chi connectivity index (χ2n) is 9.71.